The van der Waals surface area contributed by atoms with Crippen LogP contribution in [0.1, 0.15) is 5.56 Å². The number of hydrogen-bond donors (Lipinski definition) is 1. The van der Waals surface area contributed by atoms with Crippen molar-refractivity contribution in [2.24, 2.45) is 0 Å². The average molecular weight is 329 g/mol. The minimum absolute atomic E-state index is 0.225. The predicted molar refractivity (Wildman–Crippen MR) is 90.5 cm³/mol. The summed E-state index contributed by atoms with van der Waals surface area (Å²) in [7, 11) is 0. The molecule has 2 aromatic rings. The van der Waals surface area contributed by atoms with Crippen LogP contribution in [0, 0.1) is 5.82 Å². The molecule has 0 bridgehead atoms. The van der Waals surface area contributed by atoms with Gasteiger partial charge in [-0.3, -0.25) is 4.79 Å². The Balaban J connectivity index is 1.53. The molecule has 1 aliphatic rings. The van der Waals surface area contributed by atoms with Crippen molar-refractivity contribution in [2.45, 2.75) is 6.42 Å². The summed E-state index contributed by atoms with van der Waals surface area (Å²) in [6, 6.07) is 8.36. The van der Waals surface area contributed by atoms with Gasteiger partial charge in [-0.1, -0.05) is 12.1 Å². The van der Waals surface area contributed by atoms with E-state index in [1.807, 2.05) is 6.07 Å². The molecule has 0 spiro atoms. The van der Waals surface area contributed by atoms with Crippen molar-refractivity contribution < 1.29 is 9.18 Å². The summed E-state index contributed by atoms with van der Waals surface area (Å²) < 4.78 is 12.9. The van der Waals surface area contributed by atoms with Gasteiger partial charge >= 0.3 is 0 Å². The van der Waals surface area contributed by atoms with Gasteiger partial charge < -0.3 is 15.1 Å². The Kier molecular flexibility index (Phi) is 5.20. The second-order valence-corrected chi connectivity index (χ2v) is 5.67. The average Bonchev–Trinajstić information content (AvgIpc) is 2.64. The molecule has 126 valence electrons. The number of halogens is 1. The first-order chi connectivity index (χ1) is 11.7. The van der Waals surface area contributed by atoms with Crippen molar-refractivity contribution in [1.29, 1.82) is 0 Å². The van der Waals surface area contributed by atoms with E-state index in [4.69, 9.17) is 0 Å². The maximum atomic E-state index is 12.9. The molecule has 1 aliphatic heterocycles. The van der Waals surface area contributed by atoms with Crippen molar-refractivity contribution in [2.75, 3.05) is 42.9 Å². The largest absolute Gasteiger partial charge is 0.354 e. The first kappa shape index (κ1) is 16.2. The fourth-order valence-electron chi connectivity index (χ4n) is 2.64. The predicted octanol–water partition coefficient (Wildman–Crippen LogP) is 1.55. The number of nitrogens with one attached hydrogen (secondary N) is 1. The SMILES string of the molecule is O=CN1CCN(c2ccnc(NCCc3ccc(F)cc3)n2)CC1. The third-order valence-electron chi connectivity index (χ3n) is 4.04. The number of benzene rings is 1. The number of amides is 1. The lowest BCUT2D eigenvalue weighted by Crippen LogP contribution is -2.46. The summed E-state index contributed by atoms with van der Waals surface area (Å²) in [5, 5.41) is 3.20. The van der Waals surface area contributed by atoms with E-state index in [9.17, 15) is 9.18 Å². The molecule has 1 N–H and O–H groups in total. The van der Waals surface area contributed by atoms with Gasteiger partial charge in [0.05, 0.1) is 0 Å². The number of hydrogen-bond acceptors (Lipinski definition) is 5. The minimum atomic E-state index is -0.225. The van der Waals surface area contributed by atoms with Crippen LogP contribution in [0.2, 0.25) is 0 Å². The minimum Gasteiger partial charge on any atom is -0.354 e. The summed E-state index contributed by atoms with van der Waals surface area (Å²) >= 11 is 0. The van der Waals surface area contributed by atoms with E-state index < -0.39 is 0 Å². The Bertz CT molecular complexity index is 671. The van der Waals surface area contributed by atoms with Crippen LogP contribution in [0.25, 0.3) is 0 Å². The molecule has 7 heteroatoms. The molecule has 3 rings (SSSR count). The summed E-state index contributed by atoms with van der Waals surface area (Å²) in [6.07, 6.45) is 3.39. The van der Waals surface area contributed by atoms with Gasteiger partial charge in [-0.25, -0.2) is 9.37 Å². The molecule has 1 amide bonds. The molecular weight excluding hydrogens is 309 g/mol. The van der Waals surface area contributed by atoms with Crippen LogP contribution in [-0.2, 0) is 11.2 Å². The monoisotopic (exact) mass is 329 g/mol. The number of piperazine rings is 1. The van der Waals surface area contributed by atoms with E-state index in [1.165, 1.54) is 12.1 Å². The zero-order valence-electron chi connectivity index (χ0n) is 13.4. The van der Waals surface area contributed by atoms with Crippen LogP contribution in [0.4, 0.5) is 16.2 Å². The Morgan fingerprint density at radius 1 is 1.12 bits per heavy atom. The number of rotatable bonds is 6. The Labute approximate surface area is 140 Å². The highest BCUT2D eigenvalue weighted by atomic mass is 19.1. The quantitative estimate of drug-likeness (QED) is 0.815. The number of carbonyl (C=O) groups is 1. The molecule has 1 fully saturated rings. The second kappa shape index (κ2) is 7.72. The van der Waals surface area contributed by atoms with Crippen LogP contribution in [0.3, 0.4) is 0 Å². The first-order valence-corrected chi connectivity index (χ1v) is 8.00. The van der Waals surface area contributed by atoms with Gasteiger partial charge in [0.1, 0.15) is 11.6 Å². The number of anilines is 2. The molecule has 0 atom stereocenters. The standard InChI is InChI=1S/C17H20FN5O/c18-15-3-1-14(2-4-15)5-7-19-17-20-8-6-16(21-17)23-11-9-22(13-24)10-12-23/h1-4,6,8,13H,5,7,9-12H2,(H,19,20,21). The van der Waals surface area contributed by atoms with Crippen LogP contribution < -0.4 is 10.2 Å². The van der Waals surface area contributed by atoms with Gasteiger partial charge in [0.25, 0.3) is 0 Å². The van der Waals surface area contributed by atoms with Crippen molar-refractivity contribution in [1.82, 2.24) is 14.9 Å². The van der Waals surface area contributed by atoms with E-state index in [0.29, 0.717) is 25.6 Å². The number of nitrogens with zero attached hydrogens (tertiary/aromatic N) is 4. The van der Waals surface area contributed by atoms with Crippen molar-refractivity contribution in [3.05, 3.63) is 47.9 Å². The van der Waals surface area contributed by atoms with Gasteiger partial charge in [-0.05, 0) is 30.2 Å². The van der Waals surface area contributed by atoms with E-state index in [-0.39, 0.29) is 5.82 Å². The highest BCUT2D eigenvalue weighted by Crippen LogP contribution is 2.14. The molecule has 6 nitrogen and oxygen atoms in total. The lowest BCUT2D eigenvalue weighted by molar-refractivity contribution is -0.118. The highest BCUT2D eigenvalue weighted by Gasteiger charge is 2.16. The van der Waals surface area contributed by atoms with E-state index >= 15 is 0 Å². The van der Waals surface area contributed by atoms with Gasteiger partial charge in [0.2, 0.25) is 12.4 Å². The van der Waals surface area contributed by atoms with E-state index in [2.05, 4.69) is 20.2 Å². The van der Waals surface area contributed by atoms with Crippen LogP contribution in [0.5, 0.6) is 0 Å². The fourth-order valence-corrected chi connectivity index (χ4v) is 2.64. The Morgan fingerprint density at radius 3 is 2.58 bits per heavy atom. The lowest BCUT2D eigenvalue weighted by atomic mass is 10.1. The van der Waals surface area contributed by atoms with Gasteiger partial charge in [0.15, 0.2) is 0 Å². The topological polar surface area (TPSA) is 61.4 Å². The molecule has 0 saturated carbocycles. The molecular formula is C17H20FN5O. The normalized spacial score (nSPS) is 14.5. The van der Waals surface area contributed by atoms with Crippen molar-refractivity contribution in [3.63, 3.8) is 0 Å². The zero-order valence-corrected chi connectivity index (χ0v) is 13.4. The molecule has 1 aromatic carbocycles. The zero-order chi connectivity index (χ0) is 16.8. The maximum absolute atomic E-state index is 12.9. The summed E-state index contributed by atoms with van der Waals surface area (Å²) in [6.45, 7) is 3.63. The van der Waals surface area contributed by atoms with E-state index in [0.717, 1.165) is 37.3 Å². The summed E-state index contributed by atoms with van der Waals surface area (Å²) in [4.78, 5) is 23.4. The van der Waals surface area contributed by atoms with E-state index in [1.54, 1.807) is 23.2 Å². The van der Waals surface area contributed by atoms with Crippen molar-refractivity contribution in [3.8, 4) is 0 Å². The van der Waals surface area contributed by atoms with Gasteiger partial charge in [-0.15, -0.1) is 0 Å². The summed E-state index contributed by atoms with van der Waals surface area (Å²) in [5.41, 5.74) is 1.06. The molecule has 2 heterocycles. The smallest absolute Gasteiger partial charge is 0.224 e. The van der Waals surface area contributed by atoms with Crippen LogP contribution in [0.15, 0.2) is 36.5 Å². The third kappa shape index (κ3) is 4.18. The lowest BCUT2D eigenvalue weighted by Gasteiger charge is -2.33. The Hall–Kier alpha value is -2.70. The van der Waals surface area contributed by atoms with Crippen LogP contribution in [-0.4, -0.2) is 54.0 Å². The second-order valence-electron chi connectivity index (χ2n) is 5.67. The van der Waals surface area contributed by atoms with Crippen LogP contribution >= 0.6 is 0 Å². The fraction of sp³-hybridized carbons (Fsp3) is 0.353. The molecule has 24 heavy (non-hydrogen) atoms. The molecule has 0 radical (unpaired) electrons. The molecule has 0 aliphatic carbocycles. The number of aromatic nitrogens is 2. The van der Waals surface area contributed by atoms with Gasteiger partial charge in [-0.2, -0.15) is 4.98 Å². The molecule has 1 aromatic heterocycles. The Morgan fingerprint density at radius 2 is 1.88 bits per heavy atom. The van der Waals surface area contributed by atoms with Crippen molar-refractivity contribution >= 4 is 18.2 Å². The number of carbonyl (C=O) groups excluding carboxylic acids is 1. The van der Waals surface area contributed by atoms with Gasteiger partial charge in [0, 0.05) is 38.9 Å². The molecule has 1 saturated heterocycles. The third-order valence-corrected chi connectivity index (χ3v) is 4.04. The summed E-state index contributed by atoms with van der Waals surface area (Å²) in [5.74, 6) is 1.21. The maximum Gasteiger partial charge on any atom is 0.224 e. The molecule has 0 unspecified atom stereocenters. The highest BCUT2D eigenvalue weighted by molar-refractivity contribution is 5.49. The first-order valence-electron chi connectivity index (χ1n) is 8.00.